The predicted octanol–water partition coefficient (Wildman–Crippen LogP) is 6.55. The number of nitrogens with zero attached hydrogens (tertiary/aromatic N) is 2. The van der Waals surface area contributed by atoms with Crippen molar-refractivity contribution in [1.82, 2.24) is 19.9 Å². The van der Waals surface area contributed by atoms with Gasteiger partial charge in [-0.3, -0.25) is 19.2 Å². The fourth-order valence-electron chi connectivity index (χ4n) is 6.42. The van der Waals surface area contributed by atoms with Crippen LogP contribution < -0.4 is 0 Å². The predicted molar refractivity (Wildman–Crippen MR) is 181 cm³/mol. The van der Waals surface area contributed by atoms with Crippen molar-refractivity contribution in [3.63, 3.8) is 0 Å². The maximum atomic E-state index is 11.6. The van der Waals surface area contributed by atoms with Gasteiger partial charge in [0.2, 0.25) is 0 Å². The monoisotopic (exact) mass is 760 g/mol. The summed E-state index contributed by atoms with van der Waals surface area (Å²) in [6.45, 7) is 7.56. The Balaban J connectivity index is 0.00000541. The molecule has 0 radical (unpaired) electrons. The first-order valence-corrected chi connectivity index (χ1v) is 15.7. The molecule has 12 nitrogen and oxygen atoms in total. The molecular weight excluding hydrogens is 723 g/mol. The number of carboxylic acid groups (broad SMARTS) is 4. The van der Waals surface area contributed by atoms with Crippen molar-refractivity contribution in [2.45, 2.75) is 79.1 Å². The second kappa shape index (κ2) is 15.1. The van der Waals surface area contributed by atoms with Crippen LogP contribution in [-0.2, 0) is 52.4 Å². The molecule has 6 N–H and O–H groups in total. The van der Waals surface area contributed by atoms with Crippen molar-refractivity contribution in [2.24, 2.45) is 0 Å². The summed E-state index contributed by atoms with van der Waals surface area (Å²) < 4.78 is 0. The van der Waals surface area contributed by atoms with Gasteiger partial charge in [0.15, 0.2) is 0 Å². The van der Waals surface area contributed by atoms with Crippen LogP contribution >= 0.6 is 0 Å². The zero-order valence-corrected chi connectivity index (χ0v) is 29.2. The Hall–Kier alpha value is -4.86. The van der Waals surface area contributed by atoms with Crippen LogP contribution in [0.1, 0.15) is 97.4 Å². The van der Waals surface area contributed by atoms with E-state index < -0.39 is 23.9 Å². The molecule has 0 fully saturated rings. The van der Waals surface area contributed by atoms with Gasteiger partial charge in [-0.1, -0.05) is 0 Å². The molecule has 2 aliphatic heterocycles. The number of rotatable bonds is 12. The number of H-pyrrole nitrogens is 2. The van der Waals surface area contributed by atoms with Crippen LogP contribution in [0.4, 0.5) is 0 Å². The average molecular weight is 761 g/mol. The van der Waals surface area contributed by atoms with Crippen LogP contribution in [0.3, 0.4) is 0 Å². The molecule has 5 heterocycles. The number of aromatic nitrogens is 4. The van der Waals surface area contributed by atoms with Crippen molar-refractivity contribution >= 4 is 68.2 Å². The van der Waals surface area contributed by atoms with Crippen LogP contribution in [0.2, 0.25) is 0 Å². The Kier molecular flexibility index (Phi) is 11.4. The van der Waals surface area contributed by atoms with E-state index in [0.717, 1.165) is 44.5 Å². The molecule has 0 aromatic carbocycles. The average Bonchev–Trinajstić information content (AvgIpc) is 3.66. The molecule has 0 atom stereocenters. The van der Waals surface area contributed by atoms with Gasteiger partial charge in [0.05, 0.1) is 22.8 Å². The minimum Gasteiger partial charge on any atom is -0.481 e. The second-order valence-corrected chi connectivity index (χ2v) is 12.2. The zero-order valence-electron chi connectivity index (χ0n) is 27.6. The largest absolute Gasteiger partial charge is 2.00 e. The number of hydrogen-bond acceptors (Lipinski definition) is 6. The summed E-state index contributed by atoms with van der Waals surface area (Å²) in [7, 11) is 0. The quantitative estimate of drug-likeness (QED) is 0.110. The van der Waals surface area contributed by atoms with E-state index in [0.29, 0.717) is 44.8 Å². The molecule has 5 rings (SSSR count). The summed E-state index contributed by atoms with van der Waals surface area (Å²) >= 11 is 0. The van der Waals surface area contributed by atoms with E-state index in [9.17, 15) is 39.6 Å². The van der Waals surface area contributed by atoms with E-state index in [4.69, 9.17) is 9.97 Å². The third-order valence-electron chi connectivity index (χ3n) is 9.16. The van der Waals surface area contributed by atoms with E-state index in [1.54, 1.807) is 0 Å². The van der Waals surface area contributed by atoms with Gasteiger partial charge >= 0.3 is 44.3 Å². The van der Waals surface area contributed by atoms with Crippen molar-refractivity contribution in [2.75, 3.05) is 0 Å². The number of aryl methyl sites for hydroxylation is 4. The van der Waals surface area contributed by atoms with E-state index in [-0.39, 0.29) is 71.8 Å². The van der Waals surface area contributed by atoms with Crippen LogP contribution in [0.25, 0.3) is 44.4 Å². The Bertz CT molecular complexity index is 2100. The summed E-state index contributed by atoms with van der Waals surface area (Å²) in [6.07, 6.45) is 0.578. The molecule has 49 heavy (non-hydrogen) atoms. The molecule has 2 aliphatic rings. The van der Waals surface area contributed by atoms with Gasteiger partial charge in [-0.15, -0.1) is 0 Å². The first kappa shape index (κ1) is 37.0. The fraction of sp³-hybridized carbons (Fsp3) is 0.333. The SMILES string of the molecule is CC1=C(CCC(=O)O)c2cc3nc(cc4[nH]c(cc5[nH]c(cc1n2)c(C)c5CCC(=O)O)c(CCC(=O)O)c4C)C(CCC(=O)O)=C3C.[Pd+2]. The Morgan fingerprint density at radius 1 is 0.510 bits per heavy atom. The Morgan fingerprint density at radius 3 is 1.27 bits per heavy atom. The van der Waals surface area contributed by atoms with E-state index in [1.807, 2.05) is 52.0 Å². The number of carboxylic acids is 4. The zero-order chi connectivity index (χ0) is 34.9. The van der Waals surface area contributed by atoms with E-state index in [2.05, 4.69) is 9.97 Å². The summed E-state index contributed by atoms with van der Waals surface area (Å²) in [4.78, 5) is 63.1. The van der Waals surface area contributed by atoms with Gasteiger partial charge in [0.1, 0.15) is 0 Å². The van der Waals surface area contributed by atoms with Crippen LogP contribution in [0.5, 0.6) is 0 Å². The summed E-state index contributed by atoms with van der Waals surface area (Å²) in [5.74, 6) is -3.76. The molecule has 0 saturated heterocycles. The molecule has 0 spiro atoms. The van der Waals surface area contributed by atoms with Crippen molar-refractivity contribution in [3.8, 4) is 0 Å². The molecule has 13 heteroatoms. The van der Waals surface area contributed by atoms with Crippen LogP contribution in [-0.4, -0.2) is 64.2 Å². The molecule has 0 amide bonds. The first-order valence-electron chi connectivity index (χ1n) is 15.7. The van der Waals surface area contributed by atoms with Gasteiger partial charge in [0.25, 0.3) is 0 Å². The minimum absolute atomic E-state index is 0. The van der Waals surface area contributed by atoms with Crippen LogP contribution in [0, 0.1) is 13.8 Å². The molecular formula is C36H38N4O8Pd+2. The van der Waals surface area contributed by atoms with Gasteiger partial charge in [-0.05, 0) is 122 Å². The van der Waals surface area contributed by atoms with Crippen molar-refractivity contribution in [1.29, 1.82) is 0 Å². The second-order valence-electron chi connectivity index (χ2n) is 12.2. The van der Waals surface area contributed by atoms with E-state index in [1.165, 1.54) is 0 Å². The first-order chi connectivity index (χ1) is 22.7. The number of aliphatic carboxylic acids is 4. The molecule has 0 unspecified atom stereocenters. The minimum atomic E-state index is -0.946. The van der Waals surface area contributed by atoms with Gasteiger partial charge in [-0.2, -0.15) is 0 Å². The van der Waals surface area contributed by atoms with Crippen molar-refractivity contribution < 1.29 is 60.0 Å². The summed E-state index contributed by atoms with van der Waals surface area (Å²) in [5.41, 5.74) is 11.4. The van der Waals surface area contributed by atoms with Crippen LogP contribution in [0.15, 0.2) is 24.3 Å². The van der Waals surface area contributed by atoms with Gasteiger partial charge < -0.3 is 30.4 Å². The van der Waals surface area contributed by atoms with Crippen molar-refractivity contribution in [3.05, 3.63) is 69.3 Å². The molecule has 0 aliphatic carbocycles. The Morgan fingerprint density at radius 2 is 0.857 bits per heavy atom. The molecule has 258 valence electrons. The third kappa shape index (κ3) is 8.07. The van der Waals surface area contributed by atoms with Gasteiger partial charge in [0, 0.05) is 47.8 Å². The Labute approximate surface area is 295 Å². The number of allylic oxidation sites excluding steroid dienone is 4. The summed E-state index contributed by atoms with van der Waals surface area (Å²) in [6, 6.07) is 7.40. The van der Waals surface area contributed by atoms with Gasteiger partial charge in [-0.25, -0.2) is 9.97 Å². The number of carbonyl (C=O) groups is 4. The number of fused-ring (bicyclic) bond motifs is 8. The molecule has 0 saturated carbocycles. The number of aromatic amines is 2. The third-order valence-corrected chi connectivity index (χ3v) is 9.16. The normalized spacial score (nSPS) is 12.7. The number of hydrogen-bond donors (Lipinski definition) is 6. The molecule has 3 aromatic heterocycles. The maximum absolute atomic E-state index is 11.6. The van der Waals surface area contributed by atoms with E-state index >= 15 is 0 Å². The number of nitrogens with one attached hydrogen (secondary N) is 2. The summed E-state index contributed by atoms with van der Waals surface area (Å²) in [5, 5.41) is 38.0. The smallest absolute Gasteiger partial charge is 0.481 e. The maximum Gasteiger partial charge on any atom is 2.00 e. The molecule has 8 bridgehead atoms. The standard InChI is InChI=1S/C36H38N4O8.Pd/c1-17-21(5-9-33(41)42)29-14-27-19(3)22(6-10-34(43)44)30(39-27)15-28-20(4)24(8-12-36(47)48)32(40-28)16-31-23(7-11-35(45)46)18(2)26(38-31)13-25(17)37-29;/h13-16,38,40H,5-12H2,1-4H3,(H,41,42)(H,43,44)(H,45,46)(H,47,48);/q;+2. The fourth-order valence-corrected chi connectivity index (χ4v) is 6.42. The topological polar surface area (TPSA) is 207 Å². The molecule has 3 aromatic rings.